The van der Waals surface area contributed by atoms with Gasteiger partial charge >= 0.3 is 5.97 Å². The summed E-state index contributed by atoms with van der Waals surface area (Å²) in [6, 6.07) is 10.1. The molecule has 9 heteroatoms. The molecule has 0 amide bonds. The lowest BCUT2D eigenvalue weighted by molar-refractivity contribution is -0.145. The second-order valence-corrected chi connectivity index (χ2v) is 7.18. The number of carbonyl (C=O) groups is 1. The van der Waals surface area contributed by atoms with E-state index in [1.165, 1.54) is 0 Å². The minimum atomic E-state index is -0.183. The number of hydrogen-bond donors (Lipinski definition) is 0. The first-order chi connectivity index (χ1) is 16.8. The lowest BCUT2D eigenvalue weighted by Crippen LogP contribution is -2.15. The van der Waals surface area contributed by atoms with E-state index in [4.69, 9.17) is 37.9 Å². The smallest absolute Gasteiger partial charge is 0.305 e. The van der Waals surface area contributed by atoms with Crippen LogP contribution in [0.5, 0.6) is 0 Å². The minimum absolute atomic E-state index is 0.183. The van der Waals surface area contributed by atoms with Crippen LogP contribution in [0.2, 0.25) is 0 Å². The third kappa shape index (κ3) is 21.0. The fourth-order valence-corrected chi connectivity index (χ4v) is 2.57. The second kappa shape index (κ2) is 24.5. The maximum absolute atomic E-state index is 11.1. The van der Waals surface area contributed by atoms with Gasteiger partial charge < -0.3 is 37.9 Å². The molecule has 1 aromatic rings. The van der Waals surface area contributed by atoms with E-state index in [0.717, 1.165) is 12.0 Å². The number of esters is 1. The zero-order chi connectivity index (χ0) is 24.4. The molecular formula is C25H42O9. The maximum atomic E-state index is 11.1. The van der Waals surface area contributed by atoms with Crippen molar-refractivity contribution >= 4 is 5.97 Å². The van der Waals surface area contributed by atoms with Gasteiger partial charge in [0.1, 0.15) is 6.61 Å². The Kier molecular flexibility index (Phi) is 22.0. The zero-order valence-electron chi connectivity index (χ0n) is 20.6. The van der Waals surface area contributed by atoms with E-state index >= 15 is 0 Å². The Hall–Kier alpha value is -1.59. The number of ether oxygens (including phenoxy) is 8. The molecule has 1 rings (SSSR count). The number of hydrogen-bond acceptors (Lipinski definition) is 9. The Labute approximate surface area is 203 Å². The van der Waals surface area contributed by atoms with E-state index in [9.17, 15) is 4.79 Å². The van der Waals surface area contributed by atoms with Crippen LogP contribution in [0.4, 0.5) is 0 Å². The van der Waals surface area contributed by atoms with Crippen molar-refractivity contribution < 1.29 is 42.7 Å². The highest BCUT2D eigenvalue weighted by Crippen LogP contribution is 2.00. The van der Waals surface area contributed by atoms with Gasteiger partial charge in [-0.25, -0.2) is 0 Å². The highest BCUT2D eigenvalue weighted by molar-refractivity contribution is 5.69. The van der Waals surface area contributed by atoms with Gasteiger partial charge in [-0.2, -0.15) is 0 Å². The summed E-state index contributed by atoms with van der Waals surface area (Å²) in [5.74, 6) is -0.183. The average Bonchev–Trinajstić information content (AvgIpc) is 2.85. The molecule has 196 valence electrons. The first kappa shape index (κ1) is 30.4. The SMILES string of the molecule is CCCC(=O)OCCOCCOCCOCCOCCOCCOCCOCc1ccccc1. The van der Waals surface area contributed by atoms with Crippen molar-refractivity contribution in [3.8, 4) is 0 Å². The van der Waals surface area contributed by atoms with Gasteiger partial charge in [0.2, 0.25) is 0 Å². The molecule has 0 aromatic heterocycles. The lowest BCUT2D eigenvalue weighted by Gasteiger charge is -2.08. The van der Waals surface area contributed by atoms with Crippen molar-refractivity contribution in [3.63, 3.8) is 0 Å². The molecule has 0 atom stereocenters. The van der Waals surface area contributed by atoms with Gasteiger partial charge in [0.25, 0.3) is 0 Å². The first-order valence-corrected chi connectivity index (χ1v) is 12.1. The molecule has 0 saturated heterocycles. The molecule has 0 saturated carbocycles. The van der Waals surface area contributed by atoms with E-state index in [1.54, 1.807) is 0 Å². The van der Waals surface area contributed by atoms with Crippen molar-refractivity contribution in [2.75, 3.05) is 92.5 Å². The molecule has 34 heavy (non-hydrogen) atoms. The van der Waals surface area contributed by atoms with Crippen molar-refractivity contribution in [2.24, 2.45) is 0 Å². The van der Waals surface area contributed by atoms with Gasteiger partial charge in [0, 0.05) is 6.42 Å². The van der Waals surface area contributed by atoms with Gasteiger partial charge in [-0.3, -0.25) is 4.79 Å². The number of rotatable bonds is 25. The number of carbonyl (C=O) groups excluding carboxylic acids is 1. The van der Waals surface area contributed by atoms with Crippen LogP contribution in [0.1, 0.15) is 25.3 Å². The minimum Gasteiger partial charge on any atom is -0.463 e. The van der Waals surface area contributed by atoms with Crippen LogP contribution in [-0.2, 0) is 49.3 Å². The highest BCUT2D eigenvalue weighted by Gasteiger charge is 2.00. The van der Waals surface area contributed by atoms with Crippen LogP contribution in [-0.4, -0.2) is 98.5 Å². The predicted octanol–water partition coefficient (Wildman–Crippen LogP) is 2.65. The van der Waals surface area contributed by atoms with Crippen LogP contribution in [0.25, 0.3) is 0 Å². The fourth-order valence-electron chi connectivity index (χ4n) is 2.57. The molecule has 1 aromatic carbocycles. The molecule has 0 aliphatic heterocycles. The molecular weight excluding hydrogens is 444 g/mol. The van der Waals surface area contributed by atoms with E-state index in [0.29, 0.717) is 98.9 Å². The van der Waals surface area contributed by atoms with Gasteiger partial charge in [0.05, 0.1) is 92.5 Å². The summed E-state index contributed by atoms with van der Waals surface area (Å²) in [5.41, 5.74) is 1.16. The fraction of sp³-hybridized carbons (Fsp3) is 0.720. The second-order valence-electron chi connectivity index (χ2n) is 7.18. The summed E-state index contributed by atoms with van der Waals surface area (Å²) >= 11 is 0. The summed E-state index contributed by atoms with van der Waals surface area (Å²) < 4.78 is 43.0. The monoisotopic (exact) mass is 486 g/mol. The van der Waals surface area contributed by atoms with E-state index in [-0.39, 0.29) is 12.6 Å². The third-order valence-corrected chi connectivity index (χ3v) is 4.29. The van der Waals surface area contributed by atoms with Gasteiger partial charge in [-0.05, 0) is 12.0 Å². The molecule has 0 spiro atoms. The van der Waals surface area contributed by atoms with E-state index in [2.05, 4.69) is 0 Å². The Balaban J connectivity index is 1.66. The van der Waals surface area contributed by atoms with Crippen molar-refractivity contribution in [3.05, 3.63) is 35.9 Å². The van der Waals surface area contributed by atoms with Crippen LogP contribution in [0.3, 0.4) is 0 Å². The van der Waals surface area contributed by atoms with Crippen LogP contribution in [0, 0.1) is 0 Å². The molecule has 0 aliphatic rings. The summed E-state index contributed by atoms with van der Waals surface area (Å²) in [6.07, 6.45) is 1.24. The molecule has 0 fully saturated rings. The van der Waals surface area contributed by atoms with Crippen molar-refractivity contribution in [2.45, 2.75) is 26.4 Å². The Morgan fingerprint density at radius 2 is 0.941 bits per heavy atom. The van der Waals surface area contributed by atoms with E-state index in [1.807, 2.05) is 37.3 Å². The molecule has 0 aliphatic carbocycles. The first-order valence-electron chi connectivity index (χ1n) is 12.1. The van der Waals surface area contributed by atoms with Gasteiger partial charge in [0.15, 0.2) is 0 Å². The molecule has 9 nitrogen and oxygen atoms in total. The number of benzene rings is 1. The Morgan fingerprint density at radius 1 is 0.559 bits per heavy atom. The summed E-state index contributed by atoms with van der Waals surface area (Å²) in [4.78, 5) is 11.1. The summed E-state index contributed by atoms with van der Waals surface area (Å²) in [6.45, 7) is 9.39. The van der Waals surface area contributed by atoms with Crippen LogP contribution >= 0.6 is 0 Å². The highest BCUT2D eigenvalue weighted by atomic mass is 16.6. The average molecular weight is 487 g/mol. The van der Waals surface area contributed by atoms with E-state index < -0.39 is 0 Å². The molecule has 0 heterocycles. The standard InChI is InChI=1S/C25H42O9/c1-2-6-25(26)34-22-21-32-18-17-30-14-13-28-10-9-27-11-12-29-15-16-31-19-20-33-23-24-7-4-3-5-8-24/h3-5,7-8H,2,6,9-23H2,1H3. The molecule has 0 N–H and O–H groups in total. The zero-order valence-corrected chi connectivity index (χ0v) is 20.6. The largest absolute Gasteiger partial charge is 0.463 e. The molecule has 0 unspecified atom stereocenters. The maximum Gasteiger partial charge on any atom is 0.305 e. The summed E-state index contributed by atoms with van der Waals surface area (Å²) in [7, 11) is 0. The summed E-state index contributed by atoms with van der Waals surface area (Å²) in [5, 5.41) is 0. The van der Waals surface area contributed by atoms with Gasteiger partial charge in [-0.15, -0.1) is 0 Å². The topological polar surface area (TPSA) is 90.9 Å². The lowest BCUT2D eigenvalue weighted by atomic mass is 10.2. The van der Waals surface area contributed by atoms with Crippen molar-refractivity contribution in [1.29, 1.82) is 0 Å². The Bertz CT molecular complexity index is 557. The Morgan fingerprint density at radius 3 is 1.35 bits per heavy atom. The third-order valence-electron chi connectivity index (χ3n) is 4.29. The molecule has 0 bridgehead atoms. The quantitative estimate of drug-likeness (QED) is 0.153. The van der Waals surface area contributed by atoms with Crippen LogP contribution < -0.4 is 0 Å². The molecule has 0 radical (unpaired) electrons. The predicted molar refractivity (Wildman–Crippen MR) is 127 cm³/mol. The normalized spacial score (nSPS) is 11.1. The van der Waals surface area contributed by atoms with Crippen LogP contribution in [0.15, 0.2) is 30.3 Å². The van der Waals surface area contributed by atoms with Crippen molar-refractivity contribution in [1.82, 2.24) is 0 Å². The van der Waals surface area contributed by atoms with Gasteiger partial charge in [-0.1, -0.05) is 37.3 Å².